The van der Waals surface area contributed by atoms with Crippen molar-refractivity contribution >= 4 is 27.5 Å². The van der Waals surface area contributed by atoms with Crippen molar-refractivity contribution in [1.82, 2.24) is 0 Å². The first kappa shape index (κ1) is 15.6. The van der Waals surface area contributed by atoms with Gasteiger partial charge in [0.2, 0.25) is 0 Å². The van der Waals surface area contributed by atoms with Gasteiger partial charge in [0.25, 0.3) is 5.91 Å². The van der Waals surface area contributed by atoms with E-state index in [-0.39, 0.29) is 5.91 Å². The molecule has 0 atom stereocenters. The van der Waals surface area contributed by atoms with Gasteiger partial charge in [0.15, 0.2) is 0 Å². The van der Waals surface area contributed by atoms with Gasteiger partial charge in [-0.25, -0.2) is 0 Å². The van der Waals surface area contributed by atoms with E-state index in [0.29, 0.717) is 21.6 Å². The maximum Gasteiger partial charge on any atom is 0.260 e. The Bertz CT molecular complexity index is 836. The summed E-state index contributed by atoms with van der Waals surface area (Å²) >= 11 is 3.40. The van der Waals surface area contributed by atoms with Crippen molar-refractivity contribution in [3.05, 3.63) is 76.2 Å². The lowest BCUT2D eigenvalue weighted by Crippen LogP contribution is -2.12. The number of rotatable bonds is 3. The Kier molecular flexibility index (Phi) is 4.35. The molecule has 116 valence electrons. The molecule has 1 amide bonds. The molecule has 0 radical (unpaired) electrons. The van der Waals surface area contributed by atoms with E-state index in [0.717, 1.165) is 16.8 Å². The topological polar surface area (TPSA) is 42.2 Å². The van der Waals surface area contributed by atoms with Crippen molar-refractivity contribution in [2.75, 3.05) is 5.32 Å². The number of aryl methyl sites for hydroxylation is 2. The molecule has 0 unspecified atom stereocenters. The fourth-order valence-electron chi connectivity index (χ4n) is 2.49. The van der Waals surface area contributed by atoms with Crippen LogP contribution in [0.1, 0.15) is 21.9 Å². The molecule has 0 aliphatic rings. The number of hydrogen-bond donors (Lipinski definition) is 1. The van der Waals surface area contributed by atoms with Gasteiger partial charge in [-0.3, -0.25) is 4.79 Å². The number of halogens is 1. The van der Waals surface area contributed by atoms with E-state index in [4.69, 9.17) is 4.42 Å². The minimum atomic E-state index is -0.182. The molecule has 0 aliphatic carbocycles. The molecule has 0 spiro atoms. The number of benzene rings is 2. The molecule has 23 heavy (non-hydrogen) atoms. The summed E-state index contributed by atoms with van der Waals surface area (Å²) in [4.78, 5) is 12.4. The molecule has 0 fully saturated rings. The summed E-state index contributed by atoms with van der Waals surface area (Å²) in [7, 11) is 0. The molecule has 0 saturated carbocycles. The van der Waals surface area contributed by atoms with E-state index in [1.54, 1.807) is 6.92 Å². The Morgan fingerprint density at radius 3 is 2.09 bits per heavy atom. The van der Waals surface area contributed by atoms with Crippen LogP contribution >= 0.6 is 15.9 Å². The molecule has 0 bridgehead atoms. The monoisotopic (exact) mass is 369 g/mol. The molecule has 2 aromatic carbocycles. The number of nitrogens with one attached hydrogen (secondary N) is 1. The summed E-state index contributed by atoms with van der Waals surface area (Å²) in [6.07, 6.45) is 0. The molecular weight excluding hydrogens is 354 g/mol. The summed E-state index contributed by atoms with van der Waals surface area (Å²) < 4.78 is 6.18. The SMILES string of the molecule is Cc1oc(C)c(C(=O)Nc2ccc(-c3ccccc3)cc2)c1Br. The van der Waals surface area contributed by atoms with Crippen LogP contribution in [-0.4, -0.2) is 5.91 Å². The molecule has 1 aromatic heterocycles. The van der Waals surface area contributed by atoms with Crippen LogP contribution in [0.5, 0.6) is 0 Å². The average Bonchev–Trinajstić information content (AvgIpc) is 2.81. The molecule has 4 heteroatoms. The van der Waals surface area contributed by atoms with Crippen molar-refractivity contribution in [3.63, 3.8) is 0 Å². The van der Waals surface area contributed by atoms with Crippen LogP contribution in [0.2, 0.25) is 0 Å². The average molecular weight is 370 g/mol. The minimum Gasteiger partial charge on any atom is -0.465 e. The maximum atomic E-state index is 12.4. The first-order chi connectivity index (χ1) is 11.1. The van der Waals surface area contributed by atoms with Crippen molar-refractivity contribution in [2.45, 2.75) is 13.8 Å². The maximum absolute atomic E-state index is 12.4. The zero-order valence-corrected chi connectivity index (χ0v) is 14.5. The van der Waals surface area contributed by atoms with Crippen molar-refractivity contribution in [3.8, 4) is 11.1 Å². The fourth-order valence-corrected chi connectivity index (χ4v) is 3.03. The first-order valence-corrected chi connectivity index (χ1v) is 8.08. The van der Waals surface area contributed by atoms with Gasteiger partial charge in [0, 0.05) is 5.69 Å². The fraction of sp³-hybridized carbons (Fsp3) is 0.105. The second-order valence-electron chi connectivity index (χ2n) is 5.30. The Balaban J connectivity index is 1.80. The van der Waals surface area contributed by atoms with Crippen LogP contribution < -0.4 is 5.32 Å². The summed E-state index contributed by atoms with van der Waals surface area (Å²) in [5.41, 5.74) is 3.55. The third kappa shape index (κ3) is 3.22. The Labute approximate surface area is 143 Å². The van der Waals surface area contributed by atoms with Crippen LogP contribution in [0.25, 0.3) is 11.1 Å². The van der Waals surface area contributed by atoms with Gasteiger partial charge in [-0.2, -0.15) is 0 Å². The molecule has 0 saturated heterocycles. The molecular formula is C19H16BrNO2. The molecule has 3 rings (SSSR count). The zero-order chi connectivity index (χ0) is 16.4. The first-order valence-electron chi connectivity index (χ1n) is 7.28. The predicted molar refractivity (Wildman–Crippen MR) is 95.7 cm³/mol. The van der Waals surface area contributed by atoms with Crippen LogP contribution in [0.15, 0.2) is 63.5 Å². The second kappa shape index (κ2) is 6.42. The number of anilines is 1. The highest BCUT2D eigenvalue weighted by atomic mass is 79.9. The molecule has 3 nitrogen and oxygen atoms in total. The third-order valence-corrected chi connectivity index (χ3v) is 4.62. The van der Waals surface area contributed by atoms with Crippen LogP contribution in [-0.2, 0) is 0 Å². The quantitative estimate of drug-likeness (QED) is 0.654. The second-order valence-corrected chi connectivity index (χ2v) is 6.09. The van der Waals surface area contributed by atoms with E-state index in [9.17, 15) is 4.79 Å². The van der Waals surface area contributed by atoms with E-state index in [1.807, 2.05) is 49.4 Å². The summed E-state index contributed by atoms with van der Waals surface area (Å²) in [6, 6.07) is 17.9. The largest absolute Gasteiger partial charge is 0.465 e. The van der Waals surface area contributed by atoms with Gasteiger partial charge >= 0.3 is 0 Å². The van der Waals surface area contributed by atoms with E-state index in [1.165, 1.54) is 0 Å². The van der Waals surface area contributed by atoms with Crippen molar-refractivity contribution in [2.24, 2.45) is 0 Å². The van der Waals surface area contributed by atoms with Crippen LogP contribution in [0.3, 0.4) is 0 Å². The number of carbonyl (C=O) groups is 1. The summed E-state index contributed by atoms with van der Waals surface area (Å²) in [6.45, 7) is 3.60. The van der Waals surface area contributed by atoms with Gasteiger partial charge in [-0.05, 0) is 53.0 Å². The number of carbonyl (C=O) groups excluding carboxylic acids is 1. The van der Waals surface area contributed by atoms with E-state index < -0.39 is 0 Å². The Morgan fingerprint density at radius 1 is 0.913 bits per heavy atom. The Morgan fingerprint density at radius 2 is 1.52 bits per heavy atom. The highest BCUT2D eigenvalue weighted by molar-refractivity contribution is 9.10. The van der Waals surface area contributed by atoms with Crippen LogP contribution in [0.4, 0.5) is 5.69 Å². The number of amides is 1. The summed E-state index contributed by atoms with van der Waals surface area (Å²) in [5, 5.41) is 2.90. The summed E-state index contributed by atoms with van der Waals surface area (Å²) in [5.74, 6) is 1.12. The van der Waals surface area contributed by atoms with Gasteiger partial charge in [0.05, 0.1) is 10.0 Å². The number of hydrogen-bond acceptors (Lipinski definition) is 2. The van der Waals surface area contributed by atoms with Gasteiger partial charge < -0.3 is 9.73 Å². The highest BCUT2D eigenvalue weighted by Crippen LogP contribution is 2.28. The molecule has 1 heterocycles. The van der Waals surface area contributed by atoms with Gasteiger partial charge in [-0.15, -0.1) is 0 Å². The standard InChI is InChI=1S/C19H16BrNO2/c1-12-17(18(20)13(2)23-12)19(22)21-16-10-8-15(9-11-16)14-6-4-3-5-7-14/h3-11H,1-2H3,(H,21,22). The van der Waals surface area contributed by atoms with Gasteiger partial charge in [-0.1, -0.05) is 42.5 Å². The zero-order valence-electron chi connectivity index (χ0n) is 12.9. The smallest absolute Gasteiger partial charge is 0.260 e. The predicted octanol–water partition coefficient (Wildman–Crippen LogP) is 5.58. The van der Waals surface area contributed by atoms with Crippen LogP contribution in [0, 0.1) is 13.8 Å². The lowest BCUT2D eigenvalue weighted by Gasteiger charge is -2.07. The minimum absolute atomic E-state index is 0.182. The molecule has 0 aliphatic heterocycles. The molecule has 3 aromatic rings. The van der Waals surface area contributed by atoms with E-state index in [2.05, 4.69) is 33.4 Å². The van der Waals surface area contributed by atoms with E-state index >= 15 is 0 Å². The van der Waals surface area contributed by atoms with Crippen molar-refractivity contribution < 1.29 is 9.21 Å². The Hall–Kier alpha value is -2.33. The third-order valence-electron chi connectivity index (χ3n) is 3.66. The lowest BCUT2D eigenvalue weighted by molar-refractivity contribution is 0.102. The van der Waals surface area contributed by atoms with Gasteiger partial charge in [0.1, 0.15) is 11.5 Å². The number of furan rings is 1. The normalized spacial score (nSPS) is 10.6. The van der Waals surface area contributed by atoms with Crippen molar-refractivity contribution in [1.29, 1.82) is 0 Å². The molecule has 1 N–H and O–H groups in total. The highest BCUT2D eigenvalue weighted by Gasteiger charge is 2.19. The lowest BCUT2D eigenvalue weighted by atomic mass is 10.1.